The van der Waals surface area contributed by atoms with Gasteiger partial charge in [-0.3, -0.25) is 4.72 Å². The Morgan fingerprint density at radius 2 is 1.89 bits per heavy atom. The van der Waals surface area contributed by atoms with Gasteiger partial charge in [-0.05, 0) is 6.42 Å². The van der Waals surface area contributed by atoms with Gasteiger partial charge in [-0.1, -0.05) is 11.6 Å². The lowest BCUT2D eigenvalue weighted by molar-refractivity contribution is 0.295. The summed E-state index contributed by atoms with van der Waals surface area (Å²) in [5.74, 6) is 0.443. The molecule has 0 spiro atoms. The van der Waals surface area contributed by atoms with Crippen LogP contribution in [-0.2, 0) is 10.0 Å². The SMILES string of the molecule is COc1cc(NS(=O)(=O)CCCO)c(OC)cc1Cl. The number of rotatable bonds is 7. The standard InChI is InChI=1S/C11H16ClNO5S/c1-17-10-7-9(11(18-2)6-8(10)12)13-19(15,16)5-3-4-14/h6-7,13-14H,3-5H2,1-2H3. The van der Waals surface area contributed by atoms with Gasteiger partial charge in [-0.2, -0.15) is 0 Å². The van der Waals surface area contributed by atoms with E-state index in [0.29, 0.717) is 16.5 Å². The largest absolute Gasteiger partial charge is 0.495 e. The maximum absolute atomic E-state index is 11.8. The number of aliphatic hydroxyl groups is 1. The monoisotopic (exact) mass is 309 g/mol. The number of ether oxygens (including phenoxy) is 2. The van der Waals surface area contributed by atoms with Crippen molar-refractivity contribution in [2.45, 2.75) is 6.42 Å². The van der Waals surface area contributed by atoms with Gasteiger partial charge >= 0.3 is 0 Å². The van der Waals surface area contributed by atoms with E-state index in [1.54, 1.807) is 0 Å². The molecule has 0 bridgehead atoms. The first-order chi connectivity index (χ1) is 8.93. The fraction of sp³-hybridized carbons (Fsp3) is 0.455. The van der Waals surface area contributed by atoms with Gasteiger partial charge in [0.1, 0.15) is 11.5 Å². The summed E-state index contributed by atoms with van der Waals surface area (Å²) < 4.78 is 36.0. The highest BCUT2D eigenvalue weighted by molar-refractivity contribution is 7.92. The maximum Gasteiger partial charge on any atom is 0.232 e. The van der Waals surface area contributed by atoms with E-state index in [4.69, 9.17) is 26.2 Å². The highest BCUT2D eigenvalue weighted by Crippen LogP contribution is 2.36. The van der Waals surface area contributed by atoms with Crippen LogP contribution in [0.4, 0.5) is 5.69 Å². The molecule has 2 N–H and O–H groups in total. The first kappa shape index (κ1) is 15.9. The highest BCUT2D eigenvalue weighted by Gasteiger charge is 2.16. The second-order valence-corrected chi connectivity index (χ2v) is 5.93. The zero-order valence-electron chi connectivity index (χ0n) is 10.6. The molecule has 0 fully saturated rings. The summed E-state index contributed by atoms with van der Waals surface area (Å²) in [5.41, 5.74) is 0.238. The van der Waals surface area contributed by atoms with Crippen molar-refractivity contribution in [3.63, 3.8) is 0 Å². The van der Waals surface area contributed by atoms with E-state index in [1.165, 1.54) is 26.4 Å². The van der Waals surface area contributed by atoms with E-state index in [9.17, 15) is 8.42 Å². The number of benzene rings is 1. The second kappa shape index (κ2) is 6.83. The number of anilines is 1. The average Bonchev–Trinajstić information content (AvgIpc) is 2.37. The fourth-order valence-electron chi connectivity index (χ4n) is 1.41. The Kier molecular flexibility index (Phi) is 5.71. The first-order valence-electron chi connectivity index (χ1n) is 5.46. The number of sulfonamides is 1. The molecule has 0 unspecified atom stereocenters. The van der Waals surface area contributed by atoms with Crippen LogP contribution in [0.5, 0.6) is 11.5 Å². The Bertz CT molecular complexity index is 532. The van der Waals surface area contributed by atoms with Gasteiger partial charge in [0, 0.05) is 18.7 Å². The lowest BCUT2D eigenvalue weighted by Crippen LogP contribution is -2.18. The number of nitrogens with one attached hydrogen (secondary N) is 1. The molecule has 0 aliphatic heterocycles. The second-order valence-electron chi connectivity index (χ2n) is 3.69. The fourth-order valence-corrected chi connectivity index (χ4v) is 2.75. The molecule has 0 saturated heterocycles. The molecule has 1 aromatic carbocycles. The molecular weight excluding hydrogens is 294 g/mol. The molecule has 1 rings (SSSR count). The van der Waals surface area contributed by atoms with E-state index >= 15 is 0 Å². The van der Waals surface area contributed by atoms with Gasteiger partial charge in [0.25, 0.3) is 0 Å². The van der Waals surface area contributed by atoms with Crippen molar-refractivity contribution in [3.05, 3.63) is 17.2 Å². The Hall–Kier alpha value is -1.18. The van der Waals surface area contributed by atoms with Crippen molar-refractivity contribution in [3.8, 4) is 11.5 Å². The lowest BCUT2D eigenvalue weighted by Gasteiger charge is -2.14. The molecule has 0 heterocycles. The molecule has 6 nitrogen and oxygen atoms in total. The molecule has 8 heteroatoms. The molecule has 1 aromatic rings. The van der Waals surface area contributed by atoms with E-state index in [1.807, 2.05) is 0 Å². The minimum absolute atomic E-state index is 0.155. The summed E-state index contributed by atoms with van der Waals surface area (Å²) in [5, 5.41) is 8.98. The van der Waals surface area contributed by atoms with Gasteiger partial charge < -0.3 is 14.6 Å². The number of hydrogen-bond donors (Lipinski definition) is 2. The smallest absolute Gasteiger partial charge is 0.232 e. The normalized spacial score (nSPS) is 11.2. The van der Waals surface area contributed by atoms with Crippen molar-refractivity contribution in [2.75, 3.05) is 31.3 Å². The van der Waals surface area contributed by atoms with Crippen LogP contribution in [0.2, 0.25) is 5.02 Å². The molecule has 108 valence electrons. The molecule has 0 atom stereocenters. The average molecular weight is 310 g/mol. The number of methoxy groups -OCH3 is 2. The molecular formula is C11H16ClNO5S. The van der Waals surface area contributed by atoms with Crippen molar-refractivity contribution >= 4 is 27.3 Å². The minimum Gasteiger partial charge on any atom is -0.495 e. The molecule has 0 saturated carbocycles. The minimum atomic E-state index is -3.56. The van der Waals surface area contributed by atoms with Crippen LogP contribution in [-0.4, -0.2) is 40.1 Å². The maximum atomic E-state index is 11.8. The van der Waals surface area contributed by atoms with E-state index in [2.05, 4.69) is 4.72 Å². The third-order valence-corrected chi connectivity index (χ3v) is 3.96. The number of halogens is 1. The Morgan fingerprint density at radius 1 is 1.26 bits per heavy atom. The molecule has 0 aromatic heterocycles. The van der Waals surface area contributed by atoms with Crippen LogP contribution in [0.1, 0.15) is 6.42 Å². The predicted octanol–water partition coefficient (Wildman–Crippen LogP) is 1.48. The van der Waals surface area contributed by atoms with Gasteiger partial charge in [0.15, 0.2) is 0 Å². The molecule has 0 radical (unpaired) electrons. The lowest BCUT2D eigenvalue weighted by atomic mass is 10.3. The number of hydrogen-bond acceptors (Lipinski definition) is 5. The third-order valence-electron chi connectivity index (χ3n) is 2.31. The molecule has 0 amide bonds. The van der Waals surface area contributed by atoms with Crippen LogP contribution in [0.15, 0.2) is 12.1 Å². The molecule has 0 aliphatic rings. The van der Waals surface area contributed by atoms with Crippen LogP contribution in [0.3, 0.4) is 0 Å². The predicted molar refractivity (Wildman–Crippen MR) is 73.7 cm³/mol. The van der Waals surface area contributed by atoms with Gasteiger partial charge in [-0.15, -0.1) is 0 Å². The zero-order valence-corrected chi connectivity index (χ0v) is 12.2. The zero-order chi connectivity index (χ0) is 14.5. The van der Waals surface area contributed by atoms with Gasteiger partial charge in [0.05, 0.1) is 30.7 Å². The summed E-state index contributed by atoms with van der Waals surface area (Å²) >= 11 is 5.92. The van der Waals surface area contributed by atoms with Crippen LogP contribution >= 0.6 is 11.6 Å². The Balaban J connectivity index is 3.05. The highest BCUT2D eigenvalue weighted by atomic mass is 35.5. The van der Waals surface area contributed by atoms with Crippen LogP contribution in [0.25, 0.3) is 0 Å². The Labute approximate surface area is 117 Å². The van der Waals surface area contributed by atoms with Gasteiger partial charge in [-0.25, -0.2) is 8.42 Å². The van der Waals surface area contributed by atoms with E-state index in [-0.39, 0.29) is 24.5 Å². The van der Waals surface area contributed by atoms with E-state index < -0.39 is 10.0 Å². The summed E-state index contributed by atoms with van der Waals surface area (Å²) in [7, 11) is -0.721. The van der Waals surface area contributed by atoms with Crippen molar-refractivity contribution in [1.29, 1.82) is 0 Å². The third kappa shape index (κ3) is 4.45. The van der Waals surface area contributed by atoms with Crippen LogP contribution in [0, 0.1) is 0 Å². The molecule has 0 aliphatic carbocycles. The van der Waals surface area contributed by atoms with Crippen molar-refractivity contribution in [1.82, 2.24) is 0 Å². The van der Waals surface area contributed by atoms with Crippen molar-refractivity contribution < 1.29 is 23.0 Å². The summed E-state index contributed by atoms with van der Waals surface area (Å²) in [6.07, 6.45) is 0.155. The Morgan fingerprint density at radius 3 is 2.42 bits per heavy atom. The molecule has 19 heavy (non-hydrogen) atoms. The topological polar surface area (TPSA) is 84.9 Å². The summed E-state index contributed by atoms with van der Waals surface area (Å²) in [6, 6.07) is 2.90. The van der Waals surface area contributed by atoms with Gasteiger partial charge in [0.2, 0.25) is 10.0 Å². The quantitative estimate of drug-likeness (QED) is 0.797. The first-order valence-corrected chi connectivity index (χ1v) is 7.49. The van der Waals surface area contributed by atoms with Crippen LogP contribution < -0.4 is 14.2 Å². The number of aliphatic hydroxyl groups excluding tert-OH is 1. The summed E-state index contributed by atoms with van der Waals surface area (Å²) in [6.45, 7) is -0.192. The summed E-state index contributed by atoms with van der Waals surface area (Å²) in [4.78, 5) is 0. The van der Waals surface area contributed by atoms with Crippen molar-refractivity contribution in [2.24, 2.45) is 0 Å². The van der Waals surface area contributed by atoms with E-state index in [0.717, 1.165) is 0 Å².